The molecule has 1 atom stereocenters. The fourth-order valence-corrected chi connectivity index (χ4v) is 0.245. The summed E-state index contributed by atoms with van der Waals surface area (Å²) in [6.07, 6.45) is 0. The third-order valence-electron chi connectivity index (χ3n) is 0.529. The Kier molecular flexibility index (Phi) is 4.47. The number of hydrogen-bond donors (Lipinski definition) is 3. The zero-order valence-corrected chi connectivity index (χ0v) is 6.02. The molecule has 0 bridgehead atoms. The second kappa shape index (κ2) is 4.60. The number of carbonyl (C=O) groups excluding carboxylic acids is 1. The summed E-state index contributed by atoms with van der Waals surface area (Å²) < 4.78 is 0. The van der Waals surface area contributed by atoms with Gasteiger partial charge in [-0.1, -0.05) is 0 Å². The first-order valence-electron chi connectivity index (χ1n) is 2.49. The van der Waals surface area contributed by atoms with Crippen LogP contribution in [-0.2, 0) is 9.63 Å². The fourth-order valence-electron chi connectivity index (χ4n) is 0.193. The Bertz CT molecular complexity index is 96.6. The topological polar surface area (TPSA) is 64.3 Å². The van der Waals surface area contributed by atoms with Gasteiger partial charge >= 0.3 is 0 Å². The summed E-state index contributed by atoms with van der Waals surface area (Å²) in [6, 6.07) is 0. The highest BCUT2D eigenvalue weighted by atomic mass is 32.1. The lowest BCUT2D eigenvalue weighted by molar-refractivity contribution is -0.132. The molecule has 0 rings (SSSR count). The van der Waals surface area contributed by atoms with Crippen LogP contribution in [0.15, 0.2) is 0 Å². The molecule has 3 N–H and O–H groups in total. The molecule has 0 fully saturated rings. The lowest BCUT2D eigenvalue weighted by atomic mass is 10.7. The van der Waals surface area contributed by atoms with Crippen LogP contribution in [0.25, 0.3) is 0 Å². The summed E-state index contributed by atoms with van der Waals surface area (Å²) in [5.74, 6) is -0.351. The molecule has 0 aromatic rings. The Morgan fingerprint density at radius 1 is 2.00 bits per heavy atom. The predicted molar refractivity (Wildman–Crippen MR) is 36.7 cm³/mol. The maximum absolute atomic E-state index is 10.3. The minimum atomic E-state index is -0.351. The van der Waals surface area contributed by atoms with E-state index >= 15 is 0 Å². The van der Waals surface area contributed by atoms with Gasteiger partial charge in [-0.15, -0.1) is 12.6 Å². The Hall–Kier alpha value is -0.260. The number of nitrogens with two attached hydrogens (primary N) is 1. The second-order valence-corrected chi connectivity index (χ2v) is 2.17. The van der Waals surface area contributed by atoms with Crippen molar-refractivity contribution >= 4 is 18.5 Å². The average Bonchev–Trinajstić information content (AvgIpc) is 1.83. The van der Waals surface area contributed by atoms with Crippen LogP contribution in [-0.4, -0.2) is 17.9 Å². The lowest BCUT2D eigenvalue weighted by Gasteiger charge is -2.05. The normalized spacial score (nSPS) is 12.8. The van der Waals surface area contributed by atoms with Crippen molar-refractivity contribution in [3.63, 3.8) is 0 Å². The number of nitrogens with one attached hydrogen (secondary N) is 1. The molecule has 5 heteroatoms. The van der Waals surface area contributed by atoms with Crippen LogP contribution in [0.4, 0.5) is 0 Å². The molecule has 0 saturated heterocycles. The molecular weight excluding hydrogens is 140 g/mol. The third kappa shape index (κ3) is 5.61. The highest BCUT2D eigenvalue weighted by Gasteiger charge is 1.97. The molecule has 4 nitrogen and oxygen atoms in total. The molecule has 0 aliphatic carbocycles. The van der Waals surface area contributed by atoms with E-state index < -0.39 is 0 Å². The van der Waals surface area contributed by atoms with E-state index in [-0.39, 0.29) is 17.9 Å². The number of amides is 1. The third-order valence-corrected chi connectivity index (χ3v) is 0.634. The van der Waals surface area contributed by atoms with E-state index in [0.29, 0.717) is 0 Å². The van der Waals surface area contributed by atoms with Crippen LogP contribution in [0.3, 0.4) is 0 Å². The molecule has 1 amide bonds. The fraction of sp³-hybridized carbons (Fsp3) is 0.750. The second-order valence-electron chi connectivity index (χ2n) is 1.45. The van der Waals surface area contributed by atoms with Gasteiger partial charge in [0.25, 0.3) is 5.91 Å². The van der Waals surface area contributed by atoms with Crippen LogP contribution >= 0.6 is 12.6 Å². The first-order valence-corrected chi connectivity index (χ1v) is 3.01. The number of rotatable bonds is 3. The molecule has 0 aromatic heterocycles. The van der Waals surface area contributed by atoms with Crippen molar-refractivity contribution in [1.82, 2.24) is 5.48 Å². The van der Waals surface area contributed by atoms with Crippen molar-refractivity contribution < 1.29 is 9.63 Å². The predicted octanol–water partition coefficient (Wildman–Crippen LogP) is -0.731. The quantitative estimate of drug-likeness (QED) is 0.282. The van der Waals surface area contributed by atoms with Gasteiger partial charge < -0.3 is 5.73 Å². The van der Waals surface area contributed by atoms with Gasteiger partial charge in [0.15, 0.2) is 0 Å². The minimum Gasteiger partial charge on any atom is -0.322 e. The van der Waals surface area contributed by atoms with E-state index in [4.69, 9.17) is 5.73 Å². The van der Waals surface area contributed by atoms with Gasteiger partial charge in [0.05, 0.1) is 6.54 Å². The van der Waals surface area contributed by atoms with Gasteiger partial charge in [0.2, 0.25) is 0 Å². The summed E-state index contributed by atoms with van der Waals surface area (Å²) >= 11 is 3.83. The van der Waals surface area contributed by atoms with Crippen molar-refractivity contribution in [2.24, 2.45) is 5.73 Å². The van der Waals surface area contributed by atoms with Crippen LogP contribution < -0.4 is 11.2 Å². The smallest absolute Gasteiger partial charge is 0.257 e. The van der Waals surface area contributed by atoms with Gasteiger partial charge in [0, 0.05) is 0 Å². The lowest BCUT2D eigenvalue weighted by Crippen LogP contribution is -2.31. The molecule has 0 aliphatic rings. The average molecular weight is 150 g/mol. The largest absolute Gasteiger partial charge is 0.322 e. The maximum Gasteiger partial charge on any atom is 0.257 e. The highest BCUT2D eigenvalue weighted by Crippen LogP contribution is 1.89. The first-order chi connectivity index (χ1) is 4.16. The van der Waals surface area contributed by atoms with Crippen LogP contribution in [0, 0.1) is 0 Å². The SMILES string of the molecule is CC(S)ONC(=O)CN. The van der Waals surface area contributed by atoms with E-state index in [1.54, 1.807) is 6.92 Å². The summed E-state index contributed by atoms with van der Waals surface area (Å²) in [4.78, 5) is 14.9. The zero-order valence-electron chi connectivity index (χ0n) is 5.13. The Balaban J connectivity index is 3.17. The van der Waals surface area contributed by atoms with E-state index in [9.17, 15) is 4.79 Å². The molecule has 54 valence electrons. The minimum absolute atomic E-state index is 0.0690. The molecular formula is C4H10N2O2S. The molecule has 0 spiro atoms. The molecule has 0 saturated carbocycles. The molecule has 0 aromatic carbocycles. The van der Waals surface area contributed by atoms with Crippen molar-refractivity contribution in [1.29, 1.82) is 0 Å². The van der Waals surface area contributed by atoms with Crippen LogP contribution in [0.1, 0.15) is 6.92 Å². The summed E-state index contributed by atoms with van der Waals surface area (Å²) in [7, 11) is 0. The molecule has 9 heavy (non-hydrogen) atoms. The van der Waals surface area contributed by atoms with Gasteiger partial charge in [-0.05, 0) is 6.92 Å². The van der Waals surface area contributed by atoms with Crippen molar-refractivity contribution in [2.75, 3.05) is 6.54 Å². The van der Waals surface area contributed by atoms with E-state index in [2.05, 4.69) is 22.9 Å². The summed E-state index contributed by atoms with van der Waals surface area (Å²) in [6.45, 7) is 1.61. The van der Waals surface area contributed by atoms with Gasteiger partial charge in [-0.3, -0.25) is 9.63 Å². The molecule has 0 radical (unpaired) electrons. The molecule has 1 unspecified atom stereocenters. The molecule has 0 aliphatic heterocycles. The van der Waals surface area contributed by atoms with E-state index in [1.165, 1.54) is 0 Å². The van der Waals surface area contributed by atoms with Gasteiger partial charge in [0.1, 0.15) is 5.44 Å². The van der Waals surface area contributed by atoms with Crippen molar-refractivity contribution in [3.05, 3.63) is 0 Å². The number of hydroxylamine groups is 1. The number of thiol groups is 1. The monoisotopic (exact) mass is 150 g/mol. The Labute approximate surface area is 59.1 Å². The Morgan fingerprint density at radius 2 is 2.56 bits per heavy atom. The van der Waals surface area contributed by atoms with Crippen molar-refractivity contribution in [3.8, 4) is 0 Å². The summed E-state index contributed by atoms with van der Waals surface area (Å²) in [5.41, 5.74) is 6.73. The zero-order chi connectivity index (χ0) is 7.28. The van der Waals surface area contributed by atoms with Crippen LogP contribution in [0.2, 0.25) is 0 Å². The first kappa shape index (κ1) is 8.74. The van der Waals surface area contributed by atoms with Crippen molar-refractivity contribution in [2.45, 2.75) is 12.4 Å². The van der Waals surface area contributed by atoms with Crippen LogP contribution in [0.5, 0.6) is 0 Å². The standard InChI is InChI=1S/C4H10N2O2S/c1-3(9)8-6-4(7)2-5/h3,9H,2,5H2,1H3,(H,6,7). The van der Waals surface area contributed by atoms with E-state index in [1.807, 2.05) is 0 Å². The highest BCUT2D eigenvalue weighted by molar-refractivity contribution is 7.80. The Morgan fingerprint density at radius 3 is 2.89 bits per heavy atom. The molecule has 0 heterocycles. The van der Waals surface area contributed by atoms with Gasteiger partial charge in [-0.2, -0.15) is 0 Å². The maximum atomic E-state index is 10.3. The number of hydrogen-bond acceptors (Lipinski definition) is 4. The number of carbonyl (C=O) groups is 1. The van der Waals surface area contributed by atoms with E-state index in [0.717, 1.165) is 0 Å². The van der Waals surface area contributed by atoms with Gasteiger partial charge in [-0.25, -0.2) is 5.48 Å². The summed E-state index contributed by atoms with van der Waals surface area (Å²) in [5, 5.41) is 0.